The third-order valence-electron chi connectivity index (χ3n) is 5.26. The standard InChI is InChI=1S/C20H30N2O2/c1-20(2,3)24-19(23)21-16-12-17-10-7-11-18(13-16)22(17)14-15-8-5-4-6-9-15/h4-6,8-9,16-18H,7,10-14H2,1-3H3,(H,21,23)/p+1/t17-,18-/m1/s1. The minimum atomic E-state index is -0.431. The van der Waals surface area contributed by atoms with E-state index in [1.54, 1.807) is 4.90 Å². The van der Waals surface area contributed by atoms with Gasteiger partial charge in [-0.1, -0.05) is 30.3 Å². The summed E-state index contributed by atoms with van der Waals surface area (Å²) < 4.78 is 5.43. The Kier molecular flexibility index (Phi) is 5.14. The van der Waals surface area contributed by atoms with E-state index in [2.05, 4.69) is 35.6 Å². The molecule has 2 aliphatic heterocycles. The van der Waals surface area contributed by atoms with Crippen molar-refractivity contribution in [1.29, 1.82) is 0 Å². The molecule has 0 radical (unpaired) electrons. The smallest absolute Gasteiger partial charge is 0.407 e. The summed E-state index contributed by atoms with van der Waals surface area (Å²) >= 11 is 0. The van der Waals surface area contributed by atoms with Gasteiger partial charge in [-0.2, -0.15) is 0 Å². The van der Waals surface area contributed by atoms with Crippen molar-refractivity contribution in [2.24, 2.45) is 0 Å². The molecule has 0 unspecified atom stereocenters. The highest BCUT2D eigenvalue weighted by Gasteiger charge is 2.42. The van der Waals surface area contributed by atoms with E-state index >= 15 is 0 Å². The number of nitrogens with one attached hydrogen (secondary N) is 2. The molecule has 2 heterocycles. The lowest BCUT2D eigenvalue weighted by Gasteiger charge is -2.46. The van der Waals surface area contributed by atoms with E-state index in [9.17, 15) is 4.79 Å². The number of fused-ring (bicyclic) bond motifs is 2. The fourth-order valence-corrected chi connectivity index (χ4v) is 4.35. The van der Waals surface area contributed by atoms with Crippen molar-refractivity contribution in [2.45, 2.75) is 83.1 Å². The normalized spacial score (nSPS) is 29.8. The van der Waals surface area contributed by atoms with Crippen molar-refractivity contribution < 1.29 is 14.4 Å². The van der Waals surface area contributed by atoms with Crippen molar-refractivity contribution in [3.8, 4) is 0 Å². The second-order valence-electron chi connectivity index (χ2n) is 8.38. The molecule has 1 amide bonds. The Morgan fingerprint density at radius 2 is 1.79 bits per heavy atom. The average molecular weight is 331 g/mol. The van der Waals surface area contributed by atoms with Gasteiger partial charge in [-0.25, -0.2) is 4.79 Å². The second kappa shape index (κ2) is 7.14. The Balaban J connectivity index is 1.60. The summed E-state index contributed by atoms with van der Waals surface area (Å²) in [5.74, 6) is 0. The molecule has 4 nitrogen and oxygen atoms in total. The quantitative estimate of drug-likeness (QED) is 0.894. The molecular formula is C20H31N2O2+. The number of benzene rings is 1. The first kappa shape index (κ1) is 17.3. The number of quaternary nitrogens is 1. The van der Waals surface area contributed by atoms with Crippen LogP contribution in [0.5, 0.6) is 0 Å². The van der Waals surface area contributed by atoms with Crippen LogP contribution in [0.2, 0.25) is 0 Å². The maximum Gasteiger partial charge on any atom is 0.407 e. The van der Waals surface area contributed by atoms with Crippen LogP contribution >= 0.6 is 0 Å². The molecule has 132 valence electrons. The number of carbonyl (C=O) groups is 1. The predicted octanol–water partition coefficient (Wildman–Crippen LogP) is 2.68. The van der Waals surface area contributed by atoms with Gasteiger partial charge in [-0.05, 0) is 40.0 Å². The molecule has 2 atom stereocenters. The summed E-state index contributed by atoms with van der Waals surface area (Å²) in [6, 6.07) is 12.4. The fraction of sp³-hybridized carbons (Fsp3) is 0.650. The number of piperidine rings is 2. The highest BCUT2D eigenvalue weighted by molar-refractivity contribution is 5.68. The number of amides is 1. The highest BCUT2D eigenvalue weighted by Crippen LogP contribution is 2.23. The summed E-state index contributed by atoms with van der Waals surface area (Å²) in [6.45, 7) is 6.84. The van der Waals surface area contributed by atoms with Crippen LogP contribution in [0.1, 0.15) is 58.4 Å². The molecule has 2 aliphatic rings. The van der Waals surface area contributed by atoms with Gasteiger partial charge in [0, 0.05) is 24.4 Å². The minimum absolute atomic E-state index is 0.259. The second-order valence-corrected chi connectivity index (χ2v) is 8.38. The summed E-state index contributed by atoms with van der Waals surface area (Å²) in [7, 11) is 0. The van der Waals surface area contributed by atoms with Crippen LogP contribution in [0.4, 0.5) is 4.79 Å². The van der Waals surface area contributed by atoms with Gasteiger partial charge in [-0.3, -0.25) is 0 Å². The van der Waals surface area contributed by atoms with E-state index < -0.39 is 5.60 Å². The first-order valence-corrected chi connectivity index (χ1v) is 9.30. The molecule has 1 aromatic rings. The Morgan fingerprint density at radius 3 is 2.38 bits per heavy atom. The molecule has 2 saturated heterocycles. The summed E-state index contributed by atoms with van der Waals surface area (Å²) in [5, 5.41) is 3.11. The monoisotopic (exact) mass is 331 g/mol. The van der Waals surface area contributed by atoms with Gasteiger partial charge in [0.1, 0.15) is 12.1 Å². The third kappa shape index (κ3) is 4.50. The van der Waals surface area contributed by atoms with Crippen molar-refractivity contribution in [3.05, 3.63) is 35.9 Å². The molecule has 4 heteroatoms. The summed E-state index contributed by atoms with van der Waals surface area (Å²) in [6.07, 6.45) is 5.73. The lowest BCUT2D eigenvalue weighted by atomic mass is 9.81. The molecule has 2 fully saturated rings. The van der Waals surface area contributed by atoms with Gasteiger partial charge < -0.3 is 15.0 Å². The van der Waals surface area contributed by atoms with Crippen molar-refractivity contribution in [1.82, 2.24) is 5.32 Å². The maximum absolute atomic E-state index is 12.1. The number of carbonyl (C=O) groups excluding carboxylic acids is 1. The van der Waals surface area contributed by atoms with Gasteiger partial charge >= 0.3 is 6.09 Å². The van der Waals surface area contributed by atoms with Crippen LogP contribution in [0.3, 0.4) is 0 Å². The fourth-order valence-electron chi connectivity index (χ4n) is 4.35. The van der Waals surface area contributed by atoms with Crippen LogP contribution in [0, 0.1) is 0 Å². The molecule has 0 aromatic heterocycles. The van der Waals surface area contributed by atoms with Gasteiger partial charge in [0.15, 0.2) is 0 Å². The molecule has 24 heavy (non-hydrogen) atoms. The zero-order valence-corrected chi connectivity index (χ0v) is 15.2. The van der Waals surface area contributed by atoms with E-state index in [-0.39, 0.29) is 12.1 Å². The van der Waals surface area contributed by atoms with Gasteiger partial charge in [0.05, 0.1) is 12.1 Å². The van der Waals surface area contributed by atoms with E-state index in [0.29, 0.717) is 12.1 Å². The molecule has 3 rings (SSSR count). The Labute approximate surface area is 145 Å². The Bertz CT molecular complexity index is 539. The molecule has 0 saturated carbocycles. The van der Waals surface area contributed by atoms with Gasteiger partial charge in [0.25, 0.3) is 0 Å². The van der Waals surface area contributed by atoms with Crippen LogP contribution in [0.15, 0.2) is 30.3 Å². The third-order valence-corrected chi connectivity index (χ3v) is 5.26. The molecule has 2 bridgehead atoms. The van der Waals surface area contributed by atoms with Crippen LogP contribution in [0.25, 0.3) is 0 Å². The number of alkyl carbamates (subject to hydrolysis) is 1. The van der Waals surface area contributed by atoms with E-state index in [0.717, 1.165) is 19.4 Å². The summed E-state index contributed by atoms with van der Waals surface area (Å²) in [4.78, 5) is 13.8. The van der Waals surface area contributed by atoms with Crippen molar-refractivity contribution >= 4 is 6.09 Å². The van der Waals surface area contributed by atoms with E-state index in [1.807, 2.05) is 20.8 Å². The van der Waals surface area contributed by atoms with Gasteiger partial charge in [0.2, 0.25) is 0 Å². The highest BCUT2D eigenvalue weighted by atomic mass is 16.6. The largest absolute Gasteiger partial charge is 0.444 e. The van der Waals surface area contributed by atoms with Gasteiger partial charge in [-0.15, -0.1) is 0 Å². The molecule has 2 N–H and O–H groups in total. The average Bonchev–Trinajstić information content (AvgIpc) is 2.47. The minimum Gasteiger partial charge on any atom is -0.444 e. The van der Waals surface area contributed by atoms with Crippen LogP contribution in [-0.4, -0.2) is 29.8 Å². The zero-order valence-electron chi connectivity index (χ0n) is 15.2. The van der Waals surface area contributed by atoms with Crippen LogP contribution < -0.4 is 10.2 Å². The maximum atomic E-state index is 12.1. The van der Waals surface area contributed by atoms with Crippen molar-refractivity contribution in [3.63, 3.8) is 0 Å². The number of hydrogen-bond acceptors (Lipinski definition) is 2. The molecule has 1 aromatic carbocycles. The van der Waals surface area contributed by atoms with E-state index in [1.165, 1.54) is 24.8 Å². The zero-order chi connectivity index (χ0) is 17.2. The number of rotatable bonds is 3. The Hall–Kier alpha value is -1.55. The molecule has 0 aliphatic carbocycles. The van der Waals surface area contributed by atoms with Crippen molar-refractivity contribution in [2.75, 3.05) is 0 Å². The molecular weight excluding hydrogens is 300 g/mol. The first-order chi connectivity index (χ1) is 11.4. The lowest BCUT2D eigenvalue weighted by molar-refractivity contribution is -0.973. The lowest BCUT2D eigenvalue weighted by Crippen LogP contribution is -3.20. The molecule has 0 spiro atoms. The SMILES string of the molecule is CC(C)(C)OC(=O)NC1C[C@H]2CCC[C@H](C1)[NH+]2Cc1ccccc1. The number of hydrogen-bond donors (Lipinski definition) is 2. The van der Waals surface area contributed by atoms with E-state index in [4.69, 9.17) is 4.74 Å². The van der Waals surface area contributed by atoms with Crippen LogP contribution in [-0.2, 0) is 11.3 Å². The summed E-state index contributed by atoms with van der Waals surface area (Å²) in [5.41, 5.74) is 0.988. The first-order valence-electron chi connectivity index (χ1n) is 9.30. The Morgan fingerprint density at radius 1 is 1.17 bits per heavy atom. The number of ether oxygens (including phenoxy) is 1. The predicted molar refractivity (Wildman–Crippen MR) is 94.9 cm³/mol. The topological polar surface area (TPSA) is 42.8 Å².